The van der Waals surface area contributed by atoms with Crippen molar-refractivity contribution < 1.29 is 35.5 Å². The minimum absolute atomic E-state index is 0.00783. The van der Waals surface area contributed by atoms with Gasteiger partial charge in [0.05, 0.1) is 28.3 Å². The monoisotopic (exact) mass is 509 g/mol. The molecule has 1 aromatic heterocycles. The Morgan fingerprint density at radius 3 is 2.31 bits per heavy atom. The van der Waals surface area contributed by atoms with Gasteiger partial charge in [0.25, 0.3) is 0 Å². The molecule has 3 aromatic carbocycles. The van der Waals surface area contributed by atoms with E-state index < -0.39 is 28.2 Å². The molecule has 4 aromatic rings. The summed E-state index contributed by atoms with van der Waals surface area (Å²) < 4.78 is 88.5. The lowest BCUT2D eigenvalue weighted by molar-refractivity contribution is -0.274. The van der Waals surface area contributed by atoms with Crippen LogP contribution in [0.1, 0.15) is 6.92 Å². The first kappa shape index (κ1) is 24.5. The summed E-state index contributed by atoms with van der Waals surface area (Å²) in [6.07, 6.45) is -3.24. The fourth-order valence-corrected chi connectivity index (χ4v) is 4.53. The molecule has 35 heavy (non-hydrogen) atoms. The van der Waals surface area contributed by atoms with E-state index in [1.54, 1.807) is 48.1 Å². The highest BCUT2D eigenvalue weighted by Gasteiger charge is 2.31. The van der Waals surface area contributed by atoms with E-state index in [0.717, 1.165) is 35.2 Å². The largest absolute Gasteiger partial charge is 0.573 e. The Morgan fingerprint density at radius 2 is 1.66 bits per heavy atom. The standard InChI is InChI=1S/C23H19F4N3O4S/c1-15(29-35(31,32)21-9-6-19(7-10-21)34-23(25,26)27)14-33-20-8-11-22-16(12-20)13-28-30(22)18-4-2-17(24)3-5-18/h2-13,15,29H,14H2,1H3/t15-/m0/s1. The van der Waals surface area contributed by atoms with Gasteiger partial charge in [-0.3, -0.25) is 0 Å². The molecule has 0 aliphatic rings. The van der Waals surface area contributed by atoms with Crippen LogP contribution in [0.2, 0.25) is 0 Å². The second kappa shape index (κ2) is 9.55. The molecule has 0 aliphatic heterocycles. The van der Waals surface area contributed by atoms with Gasteiger partial charge >= 0.3 is 6.36 Å². The topological polar surface area (TPSA) is 82.5 Å². The number of aromatic nitrogens is 2. The Morgan fingerprint density at radius 1 is 1.00 bits per heavy atom. The Kier molecular flexibility index (Phi) is 6.68. The van der Waals surface area contributed by atoms with Gasteiger partial charge in [0, 0.05) is 5.39 Å². The molecule has 4 rings (SSSR count). The summed E-state index contributed by atoms with van der Waals surface area (Å²) in [5.41, 5.74) is 1.46. The summed E-state index contributed by atoms with van der Waals surface area (Å²) in [5.74, 6) is -0.389. The van der Waals surface area contributed by atoms with Crippen LogP contribution < -0.4 is 14.2 Å². The van der Waals surface area contributed by atoms with Crippen molar-refractivity contribution in [3.8, 4) is 17.2 Å². The molecule has 0 radical (unpaired) electrons. The molecule has 184 valence electrons. The van der Waals surface area contributed by atoms with Crippen molar-refractivity contribution in [3.05, 3.63) is 78.7 Å². The Bertz CT molecular complexity index is 1420. The van der Waals surface area contributed by atoms with Crippen LogP contribution in [0.4, 0.5) is 17.6 Å². The third-order valence-electron chi connectivity index (χ3n) is 4.83. The summed E-state index contributed by atoms with van der Waals surface area (Å²) in [6.45, 7) is 1.58. The number of hydrogen-bond donors (Lipinski definition) is 1. The quantitative estimate of drug-likeness (QED) is 0.345. The molecule has 0 unspecified atom stereocenters. The van der Waals surface area contributed by atoms with E-state index in [9.17, 15) is 26.0 Å². The molecule has 1 N–H and O–H groups in total. The molecule has 12 heteroatoms. The maximum atomic E-state index is 13.2. The summed E-state index contributed by atoms with van der Waals surface area (Å²) >= 11 is 0. The maximum absolute atomic E-state index is 13.2. The minimum atomic E-state index is -4.87. The molecule has 1 atom stereocenters. The second-order valence-electron chi connectivity index (χ2n) is 7.61. The fraction of sp³-hybridized carbons (Fsp3) is 0.174. The number of rotatable bonds is 8. The van der Waals surface area contributed by atoms with Gasteiger partial charge in [-0.2, -0.15) is 5.10 Å². The van der Waals surface area contributed by atoms with Crippen molar-refractivity contribution in [1.29, 1.82) is 0 Å². The Balaban J connectivity index is 1.38. The van der Waals surface area contributed by atoms with Crippen molar-refractivity contribution in [2.24, 2.45) is 0 Å². The van der Waals surface area contributed by atoms with E-state index in [1.807, 2.05) is 0 Å². The normalized spacial score (nSPS) is 13.1. The lowest BCUT2D eigenvalue weighted by atomic mass is 10.2. The molecular weight excluding hydrogens is 490 g/mol. The molecule has 0 bridgehead atoms. The predicted molar refractivity (Wildman–Crippen MR) is 119 cm³/mol. The first-order valence-corrected chi connectivity index (χ1v) is 11.7. The van der Waals surface area contributed by atoms with E-state index in [-0.39, 0.29) is 17.3 Å². The highest BCUT2D eigenvalue weighted by atomic mass is 32.2. The predicted octanol–water partition coefficient (Wildman–Crippen LogP) is 4.81. The molecule has 0 amide bonds. The van der Waals surface area contributed by atoms with Crippen molar-refractivity contribution in [3.63, 3.8) is 0 Å². The van der Waals surface area contributed by atoms with Crippen molar-refractivity contribution in [1.82, 2.24) is 14.5 Å². The summed E-state index contributed by atoms with van der Waals surface area (Å²) in [5, 5.41) is 5.08. The van der Waals surface area contributed by atoms with E-state index in [1.165, 1.54) is 12.1 Å². The van der Waals surface area contributed by atoms with Crippen LogP contribution in [0, 0.1) is 5.82 Å². The van der Waals surface area contributed by atoms with Gasteiger partial charge in [0.2, 0.25) is 10.0 Å². The number of alkyl halides is 3. The number of nitrogens with one attached hydrogen (secondary N) is 1. The van der Waals surface area contributed by atoms with Gasteiger partial charge in [-0.15, -0.1) is 13.2 Å². The molecule has 1 heterocycles. The van der Waals surface area contributed by atoms with Gasteiger partial charge < -0.3 is 9.47 Å². The Labute approximate surface area is 197 Å². The van der Waals surface area contributed by atoms with Crippen LogP contribution >= 0.6 is 0 Å². The van der Waals surface area contributed by atoms with Crippen LogP contribution in [0.3, 0.4) is 0 Å². The molecule has 0 fully saturated rings. The zero-order valence-electron chi connectivity index (χ0n) is 18.2. The zero-order chi connectivity index (χ0) is 25.2. The molecule has 0 saturated carbocycles. The van der Waals surface area contributed by atoms with Gasteiger partial charge in [0.15, 0.2) is 0 Å². The lowest BCUT2D eigenvalue weighted by Gasteiger charge is -2.16. The number of ether oxygens (including phenoxy) is 2. The van der Waals surface area contributed by atoms with Crippen LogP contribution in [0.5, 0.6) is 11.5 Å². The third kappa shape index (κ3) is 6.08. The SMILES string of the molecule is C[C@@H](COc1ccc2c(cnn2-c2ccc(F)cc2)c1)NS(=O)(=O)c1ccc(OC(F)(F)F)cc1. The van der Waals surface area contributed by atoms with Crippen molar-refractivity contribution in [2.45, 2.75) is 24.2 Å². The average molecular weight is 509 g/mol. The van der Waals surface area contributed by atoms with Gasteiger partial charge in [0.1, 0.15) is 23.9 Å². The zero-order valence-corrected chi connectivity index (χ0v) is 19.0. The van der Waals surface area contributed by atoms with Crippen LogP contribution in [0.25, 0.3) is 16.6 Å². The fourth-order valence-electron chi connectivity index (χ4n) is 3.30. The van der Waals surface area contributed by atoms with Crippen molar-refractivity contribution in [2.75, 3.05) is 6.61 Å². The smallest absolute Gasteiger partial charge is 0.492 e. The molecule has 0 spiro atoms. The summed E-state index contributed by atoms with van der Waals surface area (Å²) in [7, 11) is -4.00. The van der Waals surface area contributed by atoms with Crippen LogP contribution in [0.15, 0.2) is 77.8 Å². The molecule has 7 nitrogen and oxygen atoms in total. The highest BCUT2D eigenvalue weighted by Crippen LogP contribution is 2.25. The van der Waals surface area contributed by atoms with Gasteiger partial charge in [-0.25, -0.2) is 22.2 Å². The van der Waals surface area contributed by atoms with Crippen LogP contribution in [-0.2, 0) is 10.0 Å². The van der Waals surface area contributed by atoms with Gasteiger partial charge in [-0.1, -0.05) is 0 Å². The maximum Gasteiger partial charge on any atom is 0.573 e. The van der Waals surface area contributed by atoms with Crippen LogP contribution in [-0.4, -0.2) is 37.2 Å². The van der Waals surface area contributed by atoms with E-state index in [2.05, 4.69) is 14.6 Å². The lowest BCUT2D eigenvalue weighted by Crippen LogP contribution is -2.36. The molecular formula is C23H19F4N3O4S. The first-order chi connectivity index (χ1) is 16.5. The number of benzene rings is 3. The second-order valence-corrected chi connectivity index (χ2v) is 9.32. The van der Waals surface area contributed by atoms with Gasteiger partial charge in [-0.05, 0) is 73.7 Å². The Hall–Kier alpha value is -3.64. The number of nitrogens with zero attached hydrogens (tertiary/aromatic N) is 2. The van der Waals surface area contributed by atoms with E-state index >= 15 is 0 Å². The minimum Gasteiger partial charge on any atom is -0.492 e. The number of fused-ring (bicyclic) bond motifs is 1. The number of hydrogen-bond acceptors (Lipinski definition) is 5. The first-order valence-electron chi connectivity index (χ1n) is 10.2. The molecule has 0 saturated heterocycles. The summed E-state index contributed by atoms with van der Waals surface area (Å²) in [6, 6.07) is 14.3. The van der Waals surface area contributed by atoms with Crippen molar-refractivity contribution >= 4 is 20.9 Å². The average Bonchev–Trinajstić information content (AvgIpc) is 3.20. The highest BCUT2D eigenvalue weighted by molar-refractivity contribution is 7.89. The molecule has 0 aliphatic carbocycles. The van der Waals surface area contributed by atoms with E-state index in [4.69, 9.17) is 4.74 Å². The summed E-state index contributed by atoms with van der Waals surface area (Å²) in [4.78, 5) is -0.214. The third-order valence-corrected chi connectivity index (χ3v) is 6.44. The van der Waals surface area contributed by atoms with E-state index in [0.29, 0.717) is 11.4 Å². The number of sulfonamides is 1. The number of halogens is 4.